The molecule has 3 heterocycles. The molecule has 4 rings (SSSR count). The minimum atomic E-state index is -0.706. The van der Waals surface area contributed by atoms with Crippen LogP contribution in [0.2, 0.25) is 0 Å². The molecule has 5 nitrogen and oxygen atoms in total. The molecule has 0 radical (unpaired) electrons. The Morgan fingerprint density at radius 1 is 1.08 bits per heavy atom. The summed E-state index contributed by atoms with van der Waals surface area (Å²) in [6, 6.07) is 15.4. The molecule has 0 saturated heterocycles. The Kier molecular flexibility index (Phi) is 4.10. The van der Waals surface area contributed by atoms with Crippen molar-refractivity contribution in [3.63, 3.8) is 0 Å². The van der Waals surface area contributed by atoms with Gasteiger partial charge in [0.2, 0.25) is 5.78 Å². The number of benzene rings is 1. The van der Waals surface area contributed by atoms with Gasteiger partial charge >= 0.3 is 0 Å². The number of thiophene rings is 1. The van der Waals surface area contributed by atoms with Gasteiger partial charge in [0.05, 0.1) is 28.4 Å². The van der Waals surface area contributed by atoms with E-state index in [0.29, 0.717) is 10.6 Å². The second-order valence-electron chi connectivity index (χ2n) is 5.77. The number of carbonyl (C=O) groups excluding carboxylic acids is 2. The fourth-order valence-electron chi connectivity index (χ4n) is 3.09. The van der Waals surface area contributed by atoms with E-state index in [9.17, 15) is 14.7 Å². The normalized spacial score (nSPS) is 17.0. The van der Waals surface area contributed by atoms with Crippen LogP contribution in [-0.2, 0) is 4.79 Å². The molecule has 1 N–H and O–H groups in total. The highest BCUT2D eigenvalue weighted by atomic mass is 32.1. The zero-order valence-corrected chi connectivity index (χ0v) is 14.4. The number of pyridine rings is 1. The first-order valence-corrected chi connectivity index (χ1v) is 8.86. The smallest absolute Gasteiger partial charge is 0.294 e. The number of hydrogen-bond donors (Lipinski definition) is 1. The van der Waals surface area contributed by atoms with Crippen molar-refractivity contribution in [2.75, 3.05) is 4.90 Å². The average molecular weight is 362 g/mol. The van der Waals surface area contributed by atoms with E-state index in [1.54, 1.807) is 42.0 Å². The highest BCUT2D eigenvalue weighted by Gasteiger charge is 2.44. The molecule has 0 aliphatic carbocycles. The molecular formula is C20H14N2O3S. The Morgan fingerprint density at radius 3 is 2.54 bits per heavy atom. The molecule has 0 saturated carbocycles. The first-order chi connectivity index (χ1) is 12.7. The largest absolute Gasteiger partial charge is 0.503 e. The van der Waals surface area contributed by atoms with Crippen LogP contribution in [-0.4, -0.2) is 21.8 Å². The van der Waals surface area contributed by atoms with Crippen LogP contribution in [0.25, 0.3) is 0 Å². The van der Waals surface area contributed by atoms with Crippen molar-refractivity contribution >= 4 is 28.7 Å². The minimum absolute atomic E-state index is 0.0903. The average Bonchev–Trinajstić information content (AvgIpc) is 3.31. The van der Waals surface area contributed by atoms with E-state index in [-0.39, 0.29) is 11.4 Å². The number of Topliss-reactive ketones (excluding diaryl/α,β-unsaturated/α-hetero) is 1. The lowest BCUT2D eigenvalue weighted by molar-refractivity contribution is -0.117. The summed E-state index contributed by atoms with van der Waals surface area (Å²) in [6.07, 6.45) is 3.15. The summed E-state index contributed by atoms with van der Waals surface area (Å²) in [4.78, 5) is 31.8. The van der Waals surface area contributed by atoms with Crippen LogP contribution in [0.1, 0.15) is 21.3 Å². The molecule has 0 spiro atoms. The first kappa shape index (κ1) is 16.2. The van der Waals surface area contributed by atoms with Gasteiger partial charge in [0.15, 0.2) is 5.76 Å². The number of anilines is 1. The quantitative estimate of drug-likeness (QED) is 0.714. The Morgan fingerprint density at radius 2 is 1.88 bits per heavy atom. The number of ketones is 1. The SMILES string of the molecule is O=C(C1=C(O)C(=O)N(c2cccnc2)[C@H]1c1ccccc1)c1cccs1. The van der Waals surface area contributed by atoms with Crippen molar-refractivity contribution in [3.05, 3.63) is 94.1 Å². The van der Waals surface area contributed by atoms with Gasteiger partial charge in [0, 0.05) is 6.20 Å². The molecule has 1 aliphatic heterocycles. The number of rotatable bonds is 4. The van der Waals surface area contributed by atoms with E-state index >= 15 is 0 Å². The van der Waals surface area contributed by atoms with Gasteiger partial charge in [0.25, 0.3) is 5.91 Å². The van der Waals surface area contributed by atoms with E-state index in [1.165, 1.54) is 16.2 Å². The van der Waals surface area contributed by atoms with Gasteiger partial charge < -0.3 is 5.11 Å². The Bertz CT molecular complexity index is 982. The molecular weight excluding hydrogens is 348 g/mol. The van der Waals surface area contributed by atoms with Crippen molar-refractivity contribution in [2.24, 2.45) is 0 Å². The molecule has 1 amide bonds. The molecule has 1 aromatic carbocycles. The molecule has 0 unspecified atom stereocenters. The van der Waals surface area contributed by atoms with Crippen LogP contribution >= 0.6 is 11.3 Å². The van der Waals surface area contributed by atoms with Crippen molar-refractivity contribution in [3.8, 4) is 0 Å². The number of aliphatic hydroxyl groups excluding tert-OH is 1. The van der Waals surface area contributed by atoms with Crippen molar-refractivity contribution in [2.45, 2.75) is 6.04 Å². The lowest BCUT2D eigenvalue weighted by atomic mass is 9.95. The van der Waals surface area contributed by atoms with E-state index in [1.807, 2.05) is 30.3 Å². The molecule has 1 atom stereocenters. The molecule has 2 aromatic heterocycles. The van der Waals surface area contributed by atoms with Gasteiger partial charge in [-0.3, -0.25) is 19.5 Å². The topological polar surface area (TPSA) is 70.5 Å². The predicted octanol–water partition coefficient (Wildman–Crippen LogP) is 3.93. The second kappa shape index (κ2) is 6.57. The van der Waals surface area contributed by atoms with Gasteiger partial charge in [-0.2, -0.15) is 0 Å². The lowest BCUT2D eigenvalue weighted by Gasteiger charge is -2.26. The number of hydrogen-bond acceptors (Lipinski definition) is 5. The van der Waals surface area contributed by atoms with Crippen LogP contribution in [0.5, 0.6) is 0 Å². The fraction of sp³-hybridized carbons (Fsp3) is 0.0500. The van der Waals surface area contributed by atoms with Crippen molar-refractivity contribution in [1.82, 2.24) is 4.98 Å². The zero-order chi connectivity index (χ0) is 18.1. The van der Waals surface area contributed by atoms with Crippen LogP contribution < -0.4 is 4.90 Å². The summed E-state index contributed by atoms with van der Waals surface area (Å²) in [6.45, 7) is 0. The summed E-state index contributed by atoms with van der Waals surface area (Å²) < 4.78 is 0. The third kappa shape index (κ3) is 2.60. The highest BCUT2D eigenvalue weighted by Crippen LogP contribution is 2.41. The number of carbonyl (C=O) groups is 2. The molecule has 128 valence electrons. The van der Waals surface area contributed by atoms with Gasteiger partial charge in [-0.25, -0.2) is 0 Å². The van der Waals surface area contributed by atoms with Crippen LogP contribution in [0.3, 0.4) is 0 Å². The zero-order valence-electron chi connectivity index (χ0n) is 13.6. The van der Waals surface area contributed by atoms with E-state index in [2.05, 4.69) is 4.98 Å². The minimum Gasteiger partial charge on any atom is -0.503 e. The standard InChI is InChI=1S/C20H14N2O3S/c23-18(15-9-5-11-26-15)16-17(13-6-2-1-3-7-13)22(20(25)19(16)24)14-8-4-10-21-12-14/h1-12,17,24H/t17-/m0/s1. The van der Waals surface area contributed by atoms with E-state index in [0.717, 1.165) is 5.56 Å². The summed E-state index contributed by atoms with van der Waals surface area (Å²) in [7, 11) is 0. The lowest BCUT2D eigenvalue weighted by Crippen LogP contribution is -2.31. The summed E-state index contributed by atoms with van der Waals surface area (Å²) >= 11 is 1.28. The van der Waals surface area contributed by atoms with Gasteiger partial charge in [-0.05, 0) is 29.1 Å². The molecule has 3 aromatic rings. The molecule has 6 heteroatoms. The van der Waals surface area contributed by atoms with Crippen molar-refractivity contribution < 1.29 is 14.7 Å². The maximum Gasteiger partial charge on any atom is 0.294 e. The van der Waals surface area contributed by atoms with Crippen LogP contribution in [0.15, 0.2) is 83.7 Å². The number of amides is 1. The Hall–Kier alpha value is -3.25. The predicted molar refractivity (Wildman–Crippen MR) is 99.2 cm³/mol. The van der Waals surface area contributed by atoms with E-state index < -0.39 is 17.7 Å². The first-order valence-electron chi connectivity index (χ1n) is 7.98. The second-order valence-corrected chi connectivity index (χ2v) is 6.72. The fourth-order valence-corrected chi connectivity index (χ4v) is 3.77. The van der Waals surface area contributed by atoms with E-state index in [4.69, 9.17) is 0 Å². The molecule has 0 fully saturated rings. The van der Waals surface area contributed by atoms with Crippen LogP contribution in [0, 0.1) is 0 Å². The van der Waals surface area contributed by atoms with Gasteiger partial charge in [-0.1, -0.05) is 36.4 Å². The number of aromatic nitrogens is 1. The monoisotopic (exact) mass is 362 g/mol. The third-order valence-corrected chi connectivity index (χ3v) is 5.11. The summed E-state index contributed by atoms with van der Waals surface area (Å²) in [5.41, 5.74) is 1.35. The maximum absolute atomic E-state index is 13.0. The maximum atomic E-state index is 13.0. The third-order valence-electron chi connectivity index (χ3n) is 4.24. The Labute approximate surface area is 153 Å². The molecule has 26 heavy (non-hydrogen) atoms. The van der Waals surface area contributed by atoms with Crippen molar-refractivity contribution in [1.29, 1.82) is 0 Å². The molecule has 0 bridgehead atoms. The van der Waals surface area contributed by atoms with Crippen LogP contribution in [0.4, 0.5) is 5.69 Å². The summed E-state index contributed by atoms with van der Waals surface area (Å²) in [5.74, 6) is -1.46. The Balaban J connectivity index is 1.88. The molecule has 1 aliphatic rings. The van der Waals surface area contributed by atoms with Gasteiger partial charge in [0.1, 0.15) is 0 Å². The summed E-state index contributed by atoms with van der Waals surface area (Å²) in [5, 5.41) is 12.3. The van der Waals surface area contributed by atoms with Gasteiger partial charge in [-0.15, -0.1) is 11.3 Å². The number of aliphatic hydroxyl groups is 1. The highest BCUT2D eigenvalue weighted by molar-refractivity contribution is 7.12. The number of nitrogens with zero attached hydrogens (tertiary/aromatic N) is 2.